The minimum absolute atomic E-state index is 0.000981. The molecule has 1 aliphatic heterocycles. The van der Waals surface area contributed by atoms with E-state index in [-0.39, 0.29) is 36.3 Å². The number of hydrogen-bond acceptors (Lipinski definition) is 3. The van der Waals surface area contributed by atoms with Crippen LogP contribution in [-0.2, 0) is 9.59 Å². The molecule has 1 aliphatic rings. The monoisotopic (exact) mass is 199 g/mol. The topological polar surface area (TPSA) is 57.6 Å². The van der Waals surface area contributed by atoms with Gasteiger partial charge in [-0.1, -0.05) is 13.8 Å². The molecule has 1 heterocycles. The first-order valence-electron chi connectivity index (χ1n) is 4.98. The van der Waals surface area contributed by atoms with E-state index >= 15 is 0 Å². The molecule has 0 aliphatic carbocycles. The Kier molecular flexibility index (Phi) is 3.26. The van der Waals surface area contributed by atoms with Crippen LogP contribution >= 0.6 is 0 Å². The van der Waals surface area contributed by atoms with Gasteiger partial charge in [-0.15, -0.1) is 0 Å². The first-order valence-corrected chi connectivity index (χ1v) is 4.98. The van der Waals surface area contributed by atoms with Crippen molar-refractivity contribution in [3.8, 4) is 0 Å². The smallest absolute Gasteiger partial charge is 0.233 e. The molecule has 4 nitrogen and oxygen atoms in total. The molecule has 0 spiro atoms. The lowest BCUT2D eigenvalue weighted by Crippen LogP contribution is -2.39. The van der Waals surface area contributed by atoms with Crippen molar-refractivity contribution < 1.29 is 14.7 Å². The standard InChI is InChI=1S/C10H17NO3/c1-6(4-5-12)11-9(13)7(2)8(3)10(11)14/h6-8,12H,4-5H2,1-3H3. The van der Waals surface area contributed by atoms with Crippen LogP contribution in [-0.4, -0.2) is 34.5 Å². The highest BCUT2D eigenvalue weighted by molar-refractivity contribution is 6.04. The number of aliphatic hydroxyl groups is 1. The molecule has 1 saturated heterocycles. The number of carbonyl (C=O) groups excluding carboxylic acids is 2. The zero-order valence-electron chi connectivity index (χ0n) is 8.86. The molecule has 0 bridgehead atoms. The molecule has 0 radical (unpaired) electrons. The molecule has 3 unspecified atom stereocenters. The van der Waals surface area contributed by atoms with Crippen LogP contribution < -0.4 is 0 Å². The fourth-order valence-corrected chi connectivity index (χ4v) is 1.73. The van der Waals surface area contributed by atoms with Crippen molar-refractivity contribution >= 4 is 11.8 Å². The summed E-state index contributed by atoms with van der Waals surface area (Å²) in [6, 6.07) is -0.188. The fourth-order valence-electron chi connectivity index (χ4n) is 1.73. The number of nitrogens with zero attached hydrogens (tertiary/aromatic N) is 1. The summed E-state index contributed by atoms with van der Waals surface area (Å²) in [7, 11) is 0. The molecule has 4 heteroatoms. The molecule has 1 fully saturated rings. The average Bonchev–Trinajstić information content (AvgIpc) is 2.32. The molecular weight excluding hydrogens is 182 g/mol. The summed E-state index contributed by atoms with van der Waals surface area (Å²) < 4.78 is 0. The van der Waals surface area contributed by atoms with Gasteiger partial charge in [0.05, 0.1) is 0 Å². The largest absolute Gasteiger partial charge is 0.396 e. The quantitative estimate of drug-likeness (QED) is 0.669. The SMILES string of the molecule is CC1C(=O)N(C(C)CCO)C(=O)C1C. The van der Waals surface area contributed by atoms with Crippen LogP contribution in [0.5, 0.6) is 0 Å². The van der Waals surface area contributed by atoms with Crippen molar-refractivity contribution in [2.24, 2.45) is 11.8 Å². The van der Waals surface area contributed by atoms with Crippen LogP contribution in [0.2, 0.25) is 0 Å². The Balaban J connectivity index is 2.79. The summed E-state index contributed by atoms with van der Waals surface area (Å²) in [4.78, 5) is 24.6. The molecular formula is C10H17NO3. The predicted molar refractivity (Wildman–Crippen MR) is 51.3 cm³/mol. The zero-order chi connectivity index (χ0) is 10.9. The molecule has 0 saturated carbocycles. The highest BCUT2D eigenvalue weighted by atomic mass is 16.3. The highest BCUT2D eigenvalue weighted by Gasteiger charge is 2.43. The van der Waals surface area contributed by atoms with E-state index in [4.69, 9.17) is 5.11 Å². The first kappa shape index (κ1) is 11.2. The predicted octanol–water partition coefficient (Wildman–Crippen LogP) is 0.398. The van der Waals surface area contributed by atoms with E-state index in [0.29, 0.717) is 6.42 Å². The molecule has 3 atom stereocenters. The molecule has 14 heavy (non-hydrogen) atoms. The van der Waals surface area contributed by atoms with Gasteiger partial charge in [-0.2, -0.15) is 0 Å². The fraction of sp³-hybridized carbons (Fsp3) is 0.800. The number of likely N-dealkylation sites (tertiary alicyclic amines) is 1. The Morgan fingerprint density at radius 1 is 1.29 bits per heavy atom. The van der Waals surface area contributed by atoms with E-state index in [9.17, 15) is 9.59 Å². The Hall–Kier alpha value is -0.900. The van der Waals surface area contributed by atoms with Gasteiger partial charge in [0.25, 0.3) is 0 Å². The summed E-state index contributed by atoms with van der Waals surface area (Å²) in [5.74, 6) is -0.654. The molecule has 0 aromatic carbocycles. The van der Waals surface area contributed by atoms with E-state index in [1.54, 1.807) is 20.8 Å². The maximum atomic E-state index is 11.7. The normalized spacial score (nSPS) is 29.9. The van der Waals surface area contributed by atoms with E-state index in [0.717, 1.165) is 0 Å². The van der Waals surface area contributed by atoms with E-state index < -0.39 is 0 Å². The van der Waals surface area contributed by atoms with Gasteiger partial charge in [0.2, 0.25) is 11.8 Å². The third-order valence-electron chi connectivity index (χ3n) is 2.99. The van der Waals surface area contributed by atoms with E-state index in [1.165, 1.54) is 4.90 Å². The summed E-state index contributed by atoms with van der Waals surface area (Å²) in [5.41, 5.74) is 0. The Labute approximate surface area is 83.9 Å². The minimum Gasteiger partial charge on any atom is -0.396 e. The highest BCUT2D eigenvalue weighted by Crippen LogP contribution is 2.27. The second-order valence-corrected chi connectivity index (χ2v) is 3.99. The third-order valence-corrected chi connectivity index (χ3v) is 2.99. The number of carbonyl (C=O) groups is 2. The van der Waals surface area contributed by atoms with E-state index in [2.05, 4.69) is 0 Å². The Morgan fingerprint density at radius 2 is 1.71 bits per heavy atom. The van der Waals surface area contributed by atoms with Gasteiger partial charge in [0.1, 0.15) is 0 Å². The lowest BCUT2D eigenvalue weighted by atomic mass is 10.00. The number of aliphatic hydroxyl groups excluding tert-OH is 1. The third kappa shape index (κ3) is 1.66. The summed E-state index contributed by atoms with van der Waals surface area (Å²) >= 11 is 0. The maximum absolute atomic E-state index is 11.7. The number of hydrogen-bond donors (Lipinski definition) is 1. The van der Waals surface area contributed by atoms with Gasteiger partial charge in [0, 0.05) is 24.5 Å². The van der Waals surface area contributed by atoms with Crippen molar-refractivity contribution in [1.82, 2.24) is 4.90 Å². The van der Waals surface area contributed by atoms with Crippen molar-refractivity contribution in [3.63, 3.8) is 0 Å². The average molecular weight is 199 g/mol. The van der Waals surface area contributed by atoms with Gasteiger partial charge in [-0.25, -0.2) is 0 Å². The van der Waals surface area contributed by atoms with Gasteiger partial charge in [-0.05, 0) is 13.3 Å². The van der Waals surface area contributed by atoms with Crippen molar-refractivity contribution in [3.05, 3.63) is 0 Å². The van der Waals surface area contributed by atoms with Gasteiger partial charge >= 0.3 is 0 Å². The van der Waals surface area contributed by atoms with Crippen molar-refractivity contribution in [2.45, 2.75) is 33.2 Å². The van der Waals surface area contributed by atoms with Crippen molar-refractivity contribution in [2.75, 3.05) is 6.61 Å². The van der Waals surface area contributed by atoms with Crippen LogP contribution in [0.1, 0.15) is 27.2 Å². The van der Waals surface area contributed by atoms with Crippen LogP contribution in [0.25, 0.3) is 0 Å². The van der Waals surface area contributed by atoms with E-state index in [1.807, 2.05) is 0 Å². The van der Waals surface area contributed by atoms with Gasteiger partial charge in [0.15, 0.2) is 0 Å². The first-order chi connectivity index (χ1) is 6.50. The second kappa shape index (κ2) is 4.09. The summed E-state index contributed by atoms with van der Waals surface area (Å²) in [6.07, 6.45) is 0.455. The molecule has 80 valence electrons. The minimum atomic E-state index is -0.219. The van der Waals surface area contributed by atoms with Crippen LogP contribution in [0.4, 0.5) is 0 Å². The molecule has 1 rings (SSSR count). The lowest BCUT2D eigenvalue weighted by molar-refractivity contribution is -0.142. The maximum Gasteiger partial charge on any atom is 0.233 e. The molecule has 0 aromatic rings. The Morgan fingerprint density at radius 3 is 2.07 bits per heavy atom. The molecule has 0 aromatic heterocycles. The van der Waals surface area contributed by atoms with Gasteiger partial charge < -0.3 is 5.11 Å². The van der Waals surface area contributed by atoms with Crippen molar-refractivity contribution in [1.29, 1.82) is 0 Å². The molecule has 2 amide bonds. The Bertz CT molecular complexity index is 232. The summed E-state index contributed by atoms with van der Waals surface area (Å²) in [6.45, 7) is 5.34. The van der Waals surface area contributed by atoms with Crippen LogP contribution in [0.3, 0.4) is 0 Å². The number of imide groups is 1. The van der Waals surface area contributed by atoms with Crippen LogP contribution in [0, 0.1) is 11.8 Å². The molecule has 1 N–H and O–H groups in total. The number of rotatable bonds is 3. The van der Waals surface area contributed by atoms with Crippen LogP contribution in [0.15, 0.2) is 0 Å². The second-order valence-electron chi connectivity index (χ2n) is 3.99. The number of amides is 2. The lowest BCUT2D eigenvalue weighted by Gasteiger charge is -2.22. The zero-order valence-corrected chi connectivity index (χ0v) is 8.86. The van der Waals surface area contributed by atoms with Gasteiger partial charge in [-0.3, -0.25) is 14.5 Å². The summed E-state index contributed by atoms with van der Waals surface area (Å²) in [5, 5.41) is 8.75.